The monoisotopic (exact) mass is 915 g/mol. The maximum absolute atomic E-state index is 12.1. The topological polar surface area (TPSA) is 91.3 Å². The van der Waals surface area contributed by atoms with Gasteiger partial charge in [0.25, 0.3) is 0 Å². The normalized spacial score (nSPS) is 16.5. The summed E-state index contributed by atoms with van der Waals surface area (Å²) < 4.78 is 81.6. The molecule has 0 aliphatic heterocycles. The molecule has 0 aromatic heterocycles. The predicted molar refractivity (Wildman–Crippen MR) is 251 cm³/mol. The number of terminal acetylenes is 2. The molecule has 0 aromatic rings. The van der Waals surface area contributed by atoms with E-state index >= 15 is 0 Å². The lowest BCUT2D eigenvalue weighted by Gasteiger charge is -2.47. The van der Waals surface area contributed by atoms with Gasteiger partial charge in [-0.25, -0.2) is 0 Å². The van der Waals surface area contributed by atoms with Crippen LogP contribution in [0.25, 0.3) is 0 Å². The maximum Gasteiger partial charge on any atom is 0.522 e. The first kappa shape index (κ1) is 61.3. The van der Waals surface area contributed by atoms with Crippen molar-refractivity contribution in [2.24, 2.45) is 10.8 Å². The van der Waals surface area contributed by atoms with Gasteiger partial charge in [-0.1, -0.05) is 135 Å². The van der Waals surface area contributed by atoms with E-state index in [0.717, 1.165) is 0 Å². The zero-order valence-corrected chi connectivity index (χ0v) is 45.8. The van der Waals surface area contributed by atoms with Crippen LogP contribution in [0.2, 0.25) is 72.5 Å². The van der Waals surface area contributed by atoms with E-state index in [1.54, 1.807) is 20.8 Å². The zero-order chi connectivity index (χ0) is 48.0. The van der Waals surface area contributed by atoms with Gasteiger partial charge in [0.2, 0.25) is 8.32 Å². The molecule has 0 bridgehead atoms. The molecule has 15 heteroatoms. The third-order valence-corrected chi connectivity index (χ3v) is 32.7. The molecule has 0 saturated heterocycles. The van der Waals surface area contributed by atoms with E-state index in [9.17, 15) is 26.7 Å². The first-order chi connectivity index (χ1) is 24.9. The van der Waals surface area contributed by atoms with E-state index in [0.29, 0.717) is 0 Å². The van der Waals surface area contributed by atoms with Gasteiger partial charge >= 0.3 is 15.6 Å². The number of alkyl halides is 3. The van der Waals surface area contributed by atoms with Crippen LogP contribution < -0.4 is 0 Å². The Hall–Kier alpha value is -0.992. The predicted octanol–water partition coefficient (Wildman–Crippen LogP) is 13.1. The minimum atomic E-state index is -5.48. The van der Waals surface area contributed by atoms with Crippen LogP contribution in [0.1, 0.15) is 111 Å². The molecule has 0 rings (SSSR count). The van der Waals surface area contributed by atoms with Gasteiger partial charge in [0.05, 0.1) is 12.2 Å². The molecule has 0 aliphatic carbocycles. The maximum atomic E-state index is 12.1. The summed E-state index contributed by atoms with van der Waals surface area (Å²) in [6.45, 7) is 56.9. The first-order valence-corrected chi connectivity index (χ1v) is 32.9. The SMILES string of the molecule is C#CC(O[Si](C)(C)C(C)(C)C)C(C)(C)C(C=C)O[Si](C)(C)C(C)(C)C.C#CC(O[Si](C)(C)C(C)(C)C)C(C)(C)C(O)C=C.CC(C)(C)[Si](C)(C)OS(=O)(=O)C(F)(F)F. The molecule has 342 valence electrons. The molecule has 4 atom stereocenters. The minimum absolute atomic E-state index is 0.0946. The third-order valence-electron chi connectivity index (χ3n) is 12.7. The van der Waals surface area contributed by atoms with Crippen molar-refractivity contribution in [2.45, 2.75) is 213 Å². The second kappa shape index (κ2) is 20.5. The van der Waals surface area contributed by atoms with Crippen molar-refractivity contribution in [3.05, 3.63) is 25.3 Å². The van der Waals surface area contributed by atoms with Crippen LogP contribution in [0, 0.1) is 35.5 Å². The number of aliphatic hydroxyl groups excluding tert-OH is 1. The minimum Gasteiger partial charge on any atom is -0.410 e. The third kappa shape index (κ3) is 17.0. The van der Waals surface area contributed by atoms with Crippen LogP contribution in [0.3, 0.4) is 0 Å². The summed E-state index contributed by atoms with van der Waals surface area (Å²) in [6, 6.07) is 0. The standard InChI is InChI=1S/C21H42O2Si2.C15H28O2Si.C7H15F3O3SSi/c1-15-17(22-24(11,12)19(3,4)5)21(9,10)18(16-2)23-25(13,14)20(6,7)8;1-10-12(16)15(6,7)13(11-2)17-18(8,9)14(3,4)5;1-6(2,3)15(4,5)13-14(11,12)7(8,9)10/h1,16-18H,2H2,3-14H3;2,10,12-13,16H,1H2,3-9H3;1-5H3. The van der Waals surface area contributed by atoms with E-state index in [1.807, 2.05) is 19.9 Å². The van der Waals surface area contributed by atoms with Crippen LogP contribution in [0.15, 0.2) is 25.3 Å². The first-order valence-electron chi connectivity index (χ1n) is 19.8. The van der Waals surface area contributed by atoms with Crippen LogP contribution in [0.4, 0.5) is 13.2 Å². The molecular formula is C43H85F3O7SSi4. The van der Waals surface area contributed by atoms with E-state index < -0.39 is 71.6 Å². The van der Waals surface area contributed by atoms with Crippen molar-refractivity contribution in [3.8, 4) is 24.7 Å². The van der Waals surface area contributed by atoms with Crippen molar-refractivity contribution in [3.63, 3.8) is 0 Å². The molecule has 0 spiro atoms. The van der Waals surface area contributed by atoms with Gasteiger partial charge in [-0.05, 0) is 72.5 Å². The molecule has 0 aliphatic rings. The Balaban J connectivity index is -0.000000813. The van der Waals surface area contributed by atoms with Gasteiger partial charge in [-0.3, -0.25) is 0 Å². The van der Waals surface area contributed by atoms with Gasteiger partial charge in [-0.15, -0.1) is 26.0 Å². The highest BCUT2D eigenvalue weighted by Gasteiger charge is 2.53. The second-order valence-corrected chi connectivity index (χ2v) is 43.3. The lowest BCUT2D eigenvalue weighted by atomic mass is 9.81. The average molecular weight is 916 g/mol. The van der Waals surface area contributed by atoms with Crippen molar-refractivity contribution in [1.29, 1.82) is 0 Å². The number of rotatable bonds is 14. The average Bonchev–Trinajstić information content (AvgIpc) is 2.97. The molecule has 1 N–H and O–H groups in total. The molecule has 0 aromatic carbocycles. The van der Waals surface area contributed by atoms with E-state index in [4.69, 9.17) is 26.1 Å². The second-order valence-electron chi connectivity index (χ2n) is 22.5. The fourth-order valence-electron chi connectivity index (χ4n) is 3.80. The molecule has 4 unspecified atom stereocenters. The van der Waals surface area contributed by atoms with E-state index in [2.05, 4.69) is 144 Å². The number of aliphatic hydroxyl groups is 1. The Morgan fingerprint density at radius 2 is 0.828 bits per heavy atom. The van der Waals surface area contributed by atoms with Crippen molar-refractivity contribution in [2.75, 3.05) is 0 Å². The Morgan fingerprint density at radius 3 is 1.05 bits per heavy atom. The Bertz CT molecular complexity index is 1530. The van der Waals surface area contributed by atoms with Gasteiger partial charge in [0.15, 0.2) is 25.0 Å². The van der Waals surface area contributed by atoms with Gasteiger partial charge in [-0.2, -0.15) is 21.6 Å². The molecule has 0 saturated carbocycles. The van der Waals surface area contributed by atoms with Gasteiger partial charge in [0.1, 0.15) is 12.2 Å². The van der Waals surface area contributed by atoms with Crippen LogP contribution in [-0.4, -0.2) is 76.7 Å². The van der Waals surface area contributed by atoms with Crippen molar-refractivity contribution >= 4 is 43.4 Å². The molecule has 0 fully saturated rings. The summed E-state index contributed by atoms with van der Waals surface area (Å²) >= 11 is 0. The zero-order valence-electron chi connectivity index (χ0n) is 41.0. The Kier molecular flexibility index (Phi) is 21.6. The summed E-state index contributed by atoms with van der Waals surface area (Å²) in [7, 11) is -14.3. The highest BCUT2D eigenvalue weighted by molar-refractivity contribution is 7.88. The van der Waals surface area contributed by atoms with Crippen LogP contribution in [-0.2, 0) is 27.3 Å². The number of halogens is 3. The number of hydrogen-bond acceptors (Lipinski definition) is 7. The lowest BCUT2D eigenvalue weighted by Crippen LogP contribution is -2.53. The Morgan fingerprint density at radius 1 is 0.552 bits per heavy atom. The summed E-state index contributed by atoms with van der Waals surface area (Å²) in [5.41, 5.74) is -6.23. The molecule has 0 radical (unpaired) electrons. The van der Waals surface area contributed by atoms with Crippen molar-refractivity contribution in [1.82, 2.24) is 0 Å². The molecule has 0 amide bonds. The van der Waals surface area contributed by atoms with Gasteiger partial charge < -0.3 is 22.3 Å². The fraction of sp³-hybridized carbons (Fsp3) is 0.814. The highest BCUT2D eigenvalue weighted by atomic mass is 32.2. The number of hydrogen-bond donors (Lipinski definition) is 1. The molecule has 0 heterocycles. The van der Waals surface area contributed by atoms with Crippen LogP contribution in [0.5, 0.6) is 0 Å². The smallest absolute Gasteiger partial charge is 0.410 e. The lowest BCUT2D eigenvalue weighted by molar-refractivity contribution is -0.0504. The summed E-state index contributed by atoms with van der Waals surface area (Å²) in [5, 5.41) is 9.76. The highest BCUT2D eigenvalue weighted by Crippen LogP contribution is 2.45. The quantitative estimate of drug-likeness (QED) is 0.0803. The molecular weight excluding hydrogens is 830 g/mol. The van der Waals surface area contributed by atoms with Gasteiger partial charge in [0, 0.05) is 10.8 Å². The van der Waals surface area contributed by atoms with Crippen LogP contribution >= 0.6 is 0 Å². The Labute approximate surface area is 359 Å². The summed E-state index contributed by atoms with van der Waals surface area (Å²) in [6.07, 6.45) is 13.4. The van der Waals surface area contributed by atoms with Crippen molar-refractivity contribution < 1.29 is 43.8 Å². The van der Waals surface area contributed by atoms with E-state index in [-0.39, 0.29) is 32.7 Å². The summed E-state index contributed by atoms with van der Waals surface area (Å²) in [5.74, 6) is 5.60. The molecule has 58 heavy (non-hydrogen) atoms. The molecule has 7 nitrogen and oxygen atoms in total. The fourth-order valence-corrected chi connectivity index (χ4v) is 11.4. The largest absolute Gasteiger partial charge is 0.522 e. The van der Waals surface area contributed by atoms with E-state index in [1.165, 1.54) is 19.2 Å². The summed E-state index contributed by atoms with van der Waals surface area (Å²) in [4.78, 5) is 0.